The van der Waals surface area contributed by atoms with Crippen LogP contribution in [0, 0.1) is 11.3 Å². The molecule has 0 bridgehead atoms. The van der Waals surface area contributed by atoms with Crippen molar-refractivity contribution < 1.29 is 4.42 Å². The van der Waals surface area contributed by atoms with Crippen LogP contribution in [0.15, 0.2) is 150 Å². The molecule has 0 aliphatic rings. The van der Waals surface area contributed by atoms with Crippen LogP contribution in [-0.4, -0.2) is 0 Å². The molecule has 0 unspecified atom stereocenters. The second-order valence-corrected chi connectivity index (χ2v) is 12.3. The van der Waals surface area contributed by atoms with E-state index in [1.165, 1.54) is 27.5 Å². The van der Waals surface area contributed by atoms with Gasteiger partial charge in [-0.15, -0.1) is 0 Å². The Balaban J connectivity index is 0.00000179. The minimum atomic E-state index is 0.497. The monoisotopic (exact) mass is 619 g/mol. The third kappa shape index (κ3) is 5.55. The number of furan rings is 1. The van der Waals surface area contributed by atoms with Gasteiger partial charge in [-0.25, -0.2) is 0 Å². The zero-order valence-electron chi connectivity index (χ0n) is 27.8. The number of para-hydroxylation sites is 2. The highest BCUT2D eigenvalue weighted by Gasteiger charge is 2.14. The van der Waals surface area contributed by atoms with E-state index in [4.69, 9.17) is 4.42 Å². The van der Waals surface area contributed by atoms with Crippen molar-refractivity contribution in [2.45, 2.75) is 33.6 Å². The normalized spacial score (nSPS) is 11.1. The van der Waals surface area contributed by atoms with Gasteiger partial charge in [0.15, 0.2) is 0 Å². The number of nitrogens with zero attached hydrogens (tertiary/aromatic N) is 1. The Morgan fingerprint density at radius 3 is 1.69 bits per heavy atom. The summed E-state index contributed by atoms with van der Waals surface area (Å²) in [4.78, 5) is 0. The van der Waals surface area contributed by atoms with Crippen LogP contribution in [0.3, 0.4) is 0 Å². The molecule has 7 aromatic carbocycles. The van der Waals surface area contributed by atoms with Gasteiger partial charge in [-0.3, -0.25) is 0 Å². The molecule has 0 atom stereocenters. The fraction of sp³-hybridized carbons (Fsp3) is 0.109. The lowest BCUT2D eigenvalue weighted by atomic mass is 9.89. The Hall–Kier alpha value is -5.91. The third-order valence-electron chi connectivity index (χ3n) is 9.12. The number of hydrogen-bond acceptors (Lipinski definition) is 2. The van der Waals surface area contributed by atoms with Crippen LogP contribution < -0.4 is 0 Å². The number of hydrogen-bond donors (Lipinski definition) is 0. The summed E-state index contributed by atoms with van der Waals surface area (Å²) >= 11 is 0. The highest BCUT2D eigenvalue weighted by Crippen LogP contribution is 2.39. The predicted molar refractivity (Wildman–Crippen MR) is 203 cm³/mol. The van der Waals surface area contributed by atoms with Crippen molar-refractivity contribution in [2.24, 2.45) is 0 Å². The molecule has 0 saturated heterocycles. The molecule has 2 heteroatoms. The second kappa shape index (κ2) is 13.1. The van der Waals surface area contributed by atoms with Gasteiger partial charge in [0.1, 0.15) is 11.2 Å². The zero-order chi connectivity index (χ0) is 33.2. The summed E-state index contributed by atoms with van der Waals surface area (Å²) in [6.07, 6.45) is 0. The van der Waals surface area contributed by atoms with E-state index in [1.807, 2.05) is 44.2 Å². The van der Waals surface area contributed by atoms with Crippen molar-refractivity contribution in [3.05, 3.63) is 157 Å². The van der Waals surface area contributed by atoms with Crippen LogP contribution in [0.4, 0.5) is 0 Å². The van der Waals surface area contributed by atoms with Gasteiger partial charge in [0, 0.05) is 16.3 Å². The highest BCUT2D eigenvalue weighted by molar-refractivity contribution is 6.09. The fourth-order valence-corrected chi connectivity index (χ4v) is 6.68. The van der Waals surface area contributed by atoms with Gasteiger partial charge >= 0.3 is 0 Å². The summed E-state index contributed by atoms with van der Waals surface area (Å²) in [6.45, 7) is 8.44. The average Bonchev–Trinajstić information content (AvgIpc) is 3.54. The van der Waals surface area contributed by atoms with Gasteiger partial charge in [-0.05, 0) is 85.5 Å². The van der Waals surface area contributed by atoms with Gasteiger partial charge in [0.05, 0.1) is 11.6 Å². The summed E-state index contributed by atoms with van der Waals surface area (Å²) < 4.78 is 6.30. The summed E-state index contributed by atoms with van der Waals surface area (Å²) in [5, 5.41) is 14.7. The number of nitriles is 1. The van der Waals surface area contributed by atoms with E-state index in [1.54, 1.807) is 0 Å². The van der Waals surface area contributed by atoms with Crippen molar-refractivity contribution in [3.63, 3.8) is 0 Å². The van der Waals surface area contributed by atoms with Crippen molar-refractivity contribution in [1.29, 1.82) is 5.26 Å². The van der Waals surface area contributed by atoms with Crippen LogP contribution in [0.1, 0.15) is 44.7 Å². The Morgan fingerprint density at radius 2 is 1.02 bits per heavy atom. The zero-order valence-corrected chi connectivity index (χ0v) is 27.8. The van der Waals surface area contributed by atoms with E-state index < -0.39 is 0 Å². The molecule has 0 amide bonds. The van der Waals surface area contributed by atoms with Crippen LogP contribution in [0.25, 0.3) is 77.2 Å². The van der Waals surface area contributed by atoms with Gasteiger partial charge in [0.2, 0.25) is 0 Å². The lowest BCUT2D eigenvalue weighted by Crippen LogP contribution is -1.90. The van der Waals surface area contributed by atoms with E-state index in [-0.39, 0.29) is 0 Å². The molecular weight excluding hydrogens is 583 g/mol. The second-order valence-electron chi connectivity index (χ2n) is 12.3. The lowest BCUT2D eigenvalue weighted by Gasteiger charge is -2.14. The SMILES string of the molecule is CC.CC(C)c1ccc(-c2ccc(-c3cc(C#N)cc(-c4ccc(-c5cccc6c5oc5ccccc56)cc4)c3)c3ccccc23)cc1. The Kier molecular flexibility index (Phi) is 8.37. The molecule has 0 aliphatic heterocycles. The maximum Gasteiger partial charge on any atom is 0.143 e. The lowest BCUT2D eigenvalue weighted by molar-refractivity contribution is 0.670. The van der Waals surface area contributed by atoms with E-state index in [0.29, 0.717) is 11.5 Å². The maximum absolute atomic E-state index is 10.0. The third-order valence-corrected chi connectivity index (χ3v) is 9.12. The van der Waals surface area contributed by atoms with Crippen LogP contribution in [0.2, 0.25) is 0 Å². The minimum Gasteiger partial charge on any atom is -0.455 e. The Morgan fingerprint density at radius 1 is 0.479 bits per heavy atom. The predicted octanol–water partition coefficient (Wildman–Crippen LogP) is 13.4. The molecule has 2 nitrogen and oxygen atoms in total. The quantitative estimate of drug-likeness (QED) is 0.192. The van der Waals surface area contributed by atoms with Crippen LogP contribution in [-0.2, 0) is 0 Å². The van der Waals surface area contributed by atoms with Crippen molar-refractivity contribution in [2.75, 3.05) is 0 Å². The largest absolute Gasteiger partial charge is 0.455 e. The van der Waals surface area contributed by atoms with Gasteiger partial charge in [0.25, 0.3) is 0 Å². The van der Waals surface area contributed by atoms with E-state index in [2.05, 4.69) is 135 Å². The summed E-state index contributed by atoms with van der Waals surface area (Å²) in [5.41, 5.74) is 12.6. The minimum absolute atomic E-state index is 0.497. The van der Waals surface area contributed by atoms with Gasteiger partial charge in [-0.2, -0.15) is 5.26 Å². The van der Waals surface area contributed by atoms with Crippen LogP contribution in [0.5, 0.6) is 0 Å². The number of benzene rings is 7. The highest BCUT2D eigenvalue weighted by atomic mass is 16.3. The summed E-state index contributed by atoms with van der Waals surface area (Å²) in [6, 6.07) is 53.5. The first-order valence-corrected chi connectivity index (χ1v) is 16.8. The molecule has 0 N–H and O–H groups in total. The summed E-state index contributed by atoms with van der Waals surface area (Å²) in [5.74, 6) is 0.497. The number of fused-ring (bicyclic) bond motifs is 4. The molecule has 0 fully saturated rings. The van der Waals surface area contributed by atoms with E-state index in [0.717, 1.165) is 55.3 Å². The average molecular weight is 620 g/mol. The first-order chi connectivity index (χ1) is 23.6. The molecule has 0 saturated carbocycles. The number of rotatable bonds is 5. The smallest absolute Gasteiger partial charge is 0.143 e. The first kappa shape index (κ1) is 30.7. The van der Waals surface area contributed by atoms with Crippen molar-refractivity contribution in [1.82, 2.24) is 0 Å². The molecule has 0 radical (unpaired) electrons. The fourth-order valence-electron chi connectivity index (χ4n) is 6.68. The van der Waals surface area contributed by atoms with E-state index >= 15 is 0 Å². The molecule has 0 spiro atoms. The molecule has 48 heavy (non-hydrogen) atoms. The van der Waals surface area contributed by atoms with Gasteiger partial charge in [-0.1, -0.05) is 149 Å². The van der Waals surface area contributed by atoms with Gasteiger partial charge < -0.3 is 4.42 Å². The summed E-state index contributed by atoms with van der Waals surface area (Å²) in [7, 11) is 0. The maximum atomic E-state index is 10.0. The molecule has 8 rings (SSSR count). The standard InChI is InChI=1S/C44H31NO.C2H6/c1-28(2)30-14-18-32(19-15-30)36-22-23-37(40-9-4-3-8-39(36)40)35-25-29(27-45)24-34(26-35)31-16-20-33(21-17-31)38-11-7-12-42-41-10-5-6-13-43(41)46-44(38)42;1-2/h3-26,28H,1-2H3;1-2H3. The topological polar surface area (TPSA) is 36.9 Å². The van der Waals surface area contributed by atoms with Crippen molar-refractivity contribution in [3.8, 4) is 50.6 Å². The molecule has 232 valence electrons. The molecule has 0 aliphatic carbocycles. The molecular formula is C46H37NO. The Labute approximate surface area is 282 Å². The molecule has 1 heterocycles. The van der Waals surface area contributed by atoms with E-state index in [9.17, 15) is 5.26 Å². The van der Waals surface area contributed by atoms with Crippen molar-refractivity contribution >= 4 is 32.7 Å². The van der Waals surface area contributed by atoms with Crippen LogP contribution >= 0.6 is 0 Å². The molecule has 1 aromatic heterocycles. The Bertz CT molecular complexity index is 2440. The first-order valence-electron chi connectivity index (χ1n) is 16.8. The molecule has 8 aromatic rings.